The van der Waals surface area contributed by atoms with Gasteiger partial charge in [0, 0.05) is 32.2 Å². The van der Waals surface area contributed by atoms with Crippen molar-refractivity contribution in [1.29, 1.82) is 0 Å². The van der Waals surface area contributed by atoms with Gasteiger partial charge in [0.05, 0.1) is 5.69 Å². The van der Waals surface area contributed by atoms with E-state index < -0.39 is 6.36 Å². The van der Waals surface area contributed by atoms with E-state index in [-0.39, 0.29) is 5.75 Å². The van der Waals surface area contributed by atoms with Crippen molar-refractivity contribution >= 4 is 5.69 Å². The number of anilines is 1. The molecule has 3 nitrogen and oxygen atoms in total. The summed E-state index contributed by atoms with van der Waals surface area (Å²) in [6.45, 7) is 3.21. The normalized spacial score (nSPS) is 22.1. The van der Waals surface area contributed by atoms with E-state index in [2.05, 4.69) is 58.2 Å². The van der Waals surface area contributed by atoms with E-state index >= 15 is 0 Å². The van der Waals surface area contributed by atoms with Crippen LogP contribution in [-0.4, -0.2) is 30.4 Å². The third-order valence-electron chi connectivity index (χ3n) is 6.46. The van der Waals surface area contributed by atoms with Gasteiger partial charge in [0.25, 0.3) is 0 Å². The molecule has 2 unspecified atom stereocenters. The molecule has 166 valence electrons. The van der Waals surface area contributed by atoms with Gasteiger partial charge in [0.15, 0.2) is 5.75 Å². The van der Waals surface area contributed by atoms with Gasteiger partial charge in [-0.05, 0) is 35.1 Å². The molecule has 0 radical (unpaired) electrons. The Bertz CT molecular complexity index is 988. The summed E-state index contributed by atoms with van der Waals surface area (Å²) in [6.07, 6.45) is -4.69. The van der Waals surface area contributed by atoms with Crippen LogP contribution in [0, 0.1) is 11.8 Å². The minimum atomic E-state index is -4.69. The number of para-hydroxylation sites is 2. The monoisotopic (exact) mass is 438 g/mol. The van der Waals surface area contributed by atoms with Crippen molar-refractivity contribution in [2.75, 3.05) is 18.0 Å². The van der Waals surface area contributed by atoms with Crippen LogP contribution in [0.1, 0.15) is 11.1 Å². The van der Waals surface area contributed by atoms with Gasteiger partial charge in [-0.25, -0.2) is 0 Å². The van der Waals surface area contributed by atoms with E-state index in [0.717, 1.165) is 26.2 Å². The summed E-state index contributed by atoms with van der Waals surface area (Å²) in [4.78, 5) is 4.56. The zero-order valence-corrected chi connectivity index (χ0v) is 17.6. The van der Waals surface area contributed by atoms with E-state index in [1.165, 1.54) is 17.2 Å². The fraction of sp³-hybridized carbons (Fsp3) is 0.308. The number of benzene rings is 3. The van der Waals surface area contributed by atoms with Crippen LogP contribution in [0.5, 0.6) is 5.75 Å². The number of ether oxygens (including phenoxy) is 1. The maximum atomic E-state index is 12.8. The smallest absolute Gasteiger partial charge is 0.404 e. The maximum Gasteiger partial charge on any atom is 0.573 e. The third kappa shape index (κ3) is 4.60. The van der Waals surface area contributed by atoms with Crippen molar-refractivity contribution in [1.82, 2.24) is 4.90 Å². The topological polar surface area (TPSA) is 15.7 Å². The quantitative estimate of drug-likeness (QED) is 0.469. The highest BCUT2D eigenvalue weighted by Crippen LogP contribution is 2.52. The highest BCUT2D eigenvalue weighted by molar-refractivity contribution is 5.60. The summed E-state index contributed by atoms with van der Waals surface area (Å²) >= 11 is 0. The summed E-state index contributed by atoms with van der Waals surface area (Å²) in [5.74, 6) is 0.769. The lowest BCUT2D eigenvalue weighted by molar-refractivity contribution is -0.274. The van der Waals surface area contributed by atoms with Gasteiger partial charge in [-0.3, -0.25) is 4.90 Å². The van der Waals surface area contributed by atoms with Crippen molar-refractivity contribution < 1.29 is 17.9 Å². The van der Waals surface area contributed by atoms with Crippen LogP contribution >= 0.6 is 0 Å². The van der Waals surface area contributed by atoms with Gasteiger partial charge in [-0.2, -0.15) is 0 Å². The van der Waals surface area contributed by atoms with E-state index in [0.29, 0.717) is 23.6 Å². The largest absolute Gasteiger partial charge is 0.573 e. The highest BCUT2D eigenvalue weighted by Gasteiger charge is 2.58. The minimum absolute atomic E-state index is 0.122. The second-order valence-electron chi connectivity index (χ2n) is 8.61. The van der Waals surface area contributed by atoms with Gasteiger partial charge in [-0.1, -0.05) is 72.8 Å². The van der Waals surface area contributed by atoms with Crippen molar-refractivity contribution in [3.8, 4) is 5.75 Å². The summed E-state index contributed by atoms with van der Waals surface area (Å²) in [7, 11) is 0. The first-order chi connectivity index (χ1) is 15.5. The fourth-order valence-corrected chi connectivity index (χ4v) is 5.07. The summed E-state index contributed by atoms with van der Waals surface area (Å²) < 4.78 is 42.8. The molecule has 1 saturated carbocycles. The van der Waals surface area contributed by atoms with Crippen LogP contribution in [0.3, 0.4) is 0 Å². The molecule has 2 atom stereocenters. The number of hydrogen-bond acceptors (Lipinski definition) is 3. The SMILES string of the molecule is FC(F)(F)Oc1ccccc1N1CC2C(C1)C2N(Cc1ccccc1)Cc1ccccc1. The Morgan fingerprint density at radius 3 is 1.78 bits per heavy atom. The van der Waals surface area contributed by atoms with Gasteiger partial charge < -0.3 is 9.64 Å². The molecule has 2 fully saturated rings. The lowest BCUT2D eigenvalue weighted by Crippen LogP contribution is -2.34. The second-order valence-corrected chi connectivity index (χ2v) is 8.61. The molecule has 1 aliphatic heterocycles. The number of nitrogens with zero attached hydrogens (tertiary/aromatic N) is 2. The summed E-state index contributed by atoms with van der Waals surface area (Å²) in [5, 5.41) is 0. The Kier molecular flexibility index (Phi) is 5.55. The molecule has 32 heavy (non-hydrogen) atoms. The molecule has 2 aliphatic rings. The van der Waals surface area contributed by atoms with E-state index in [1.807, 2.05) is 17.0 Å². The average Bonchev–Trinajstić information content (AvgIpc) is 3.27. The van der Waals surface area contributed by atoms with E-state index in [4.69, 9.17) is 0 Å². The number of hydrogen-bond donors (Lipinski definition) is 0. The number of piperidine rings is 1. The Balaban J connectivity index is 1.30. The lowest BCUT2D eigenvalue weighted by Gasteiger charge is -2.29. The Hall–Kier alpha value is -2.99. The molecule has 1 heterocycles. The standard InChI is InChI=1S/C26H25F3N2O/c27-26(28,29)32-24-14-8-7-13-23(24)30-17-21-22(18-30)25(21)31(15-19-9-3-1-4-10-19)16-20-11-5-2-6-12-20/h1-14,21-22,25H,15-18H2. The van der Waals surface area contributed by atoms with Gasteiger partial charge >= 0.3 is 6.36 Å². The number of alkyl halides is 3. The van der Waals surface area contributed by atoms with E-state index in [9.17, 15) is 13.2 Å². The molecular weight excluding hydrogens is 413 g/mol. The molecule has 0 spiro atoms. The number of rotatable bonds is 7. The van der Waals surface area contributed by atoms with Crippen LogP contribution < -0.4 is 9.64 Å². The predicted octanol–water partition coefficient (Wildman–Crippen LogP) is 5.72. The van der Waals surface area contributed by atoms with Crippen LogP contribution in [0.4, 0.5) is 18.9 Å². The van der Waals surface area contributed by atoms with Crippen molar-refractivity contribution in [3.05, 3.63) is 96.1 Å². The molecule has 1 aliphatic carbocycles. The van der Waals surface area contributed by atoms with E-state index in [1.54, 1.807) is 18.2 Å². The molecule has 0 aromatic heterocycles. The maximum absolute atomic E-state index is 12.8. The lowest BCUT2D eigenvalue weighted by atomic mass is 10.1. The van der Waals surface area contributed by atoms with Crippen LogP contribution in [0.2, 0.25) is 0 Å². The van der Waals surface area contributed by atoms with Crippen LogP contribution in [-0.2, 0) is 13.1 Å². The van der Waals surface area contributed by atoms with Crippen molar-refractivity contribution in [2.45, 2.75) is 25.5 Å². The van der Waals surface area contributed by atoms with Gasteiger partial charge in [-0.15, -0.1) is 13.2 Å². The fourth-order valence-electron chi connectivity index (χ4n) is 5.07. The predicted molar refractivity (Wildman–Crippen MR) is 118 cm³/mol. The minimum Gasteiger partial charge on any atom is -0.404 e. The second kappa shape index (κ2) is 8.51. The first-order valence-corrected chi connectivity index (χ1v) is 10.9. The molecule has 1 saturated heterocycles. The molecule has 6 heteroatoms. The first kappa shape index (κ1) is 20.9. The average molecular weight is 438 g/mol. The Morgan fingerprint density at radius 1 is 0.750 bits per heavy atom. The number of halogens is 3. The zero-order chi connectivity index (χ0) is 22.1. The van der Waals surface area contributed by atoms with Crippen molar-refractivity contribution in [2.24, 2.45) is 11.8 Å². The molecular formula is C26H25F3N2O. The van der Waals surface area contributed by atoms with Crippen LogP contribution in [0.15, 0.2) is 84.9 Å². The van der Waals surface area contributed by atoms with Crippen LogP contribution in [0.25, 0.3) is 0 Å². The van der Waals surface area contributed by atoms with Crippen molar-refractivity contribution in [3.63, 3.8) is 0 Å². The molecule has 5 rings (SSSR count). The molecule has 0 bridgehead atoms. The Morgan fingerprint density at radius 2 is 1.25 bits per heavy atom. The molecule has 3 aromatic carbocycles. The first-order valence-electron chi connectivity index (χ1n) is 10.9. The van der Waals surface area contributed by atoms with Gasteiger partial charge in [0.1, 0.15) is 0 Å². The van der Waals surface area contributed by atoms with Gasteiger partial charge in [0.2, 0.25) is 0 Å². The summed E-state index contributed by atoms with van der Waals surface area (Å²) in [6, 6.07) is 27.7. The molecule has 0 N–H and O–H groups in total. The summed E-state index contributed by atoms with van der Waals surface area (Å²) in [5.41, 5.74) is 3.07. The Labute approximate surface area is 186 Å². The zero-order valence-electron chi connectivity index (χ0n) is 17.6. The third-order valence-corrected chi connectivity index (χ3v) is 6.46. The highest BCUT2D eigenvalue weighted by atomic mass is 19.4. The number of fused-ring (bicyclic) bond motifs is 1. The molecule has 0 amide bonds. The molecule has 3 aromatic rings.